The van der Waals surface area contributed by atoms with E-state index in [1.165, 1.54) is 0 Å². The van der Waals surface area contributed by atoms with Crippen LogP contribution in [-0.4, -0.2) is 59.4 Å². The molecule has 1 aromatic carbocycles. The Bertz CT molecular complexity index is 735. The monoisotopic (exact) mass is 371 g/mol. The Kier molecular flexibility index (Phi) is 4.87. The van der Waals surface area contributed by atoms with Crippen molar-refractivity contribution in [2.24, 2.45) is 5.10 Å². The molecule has 2 heterocycles. The van der Waals surface area contributed by atoms with Gasteiger partial charge in [0.1, 0.15) is 18.6 Å². The summed E-state index contributed by atoms with van der Waals surface area (Å²) in [7, 11) is 0. The lowest BCUT2D eigenvalue weighted by Crippen LogP contribution is -2.68. The zero-order valence-electron chi connectivity index (χ0n) is 15.4. The van der Waals surface area contributed by atoms with Crippen molar-refractivity contribution in [3.8, 4) is 5.75 Å². The third-order valence-corrected chi connectivity index (χ3v) is 5.44. The Morgan fingerprint density at radius 2 is 2.00 bits per heavy atom. The summed E-state index contributed by atoms with van der Waals surface area (Å²) in [6.07, 6.45) is 5.39. The summed E-state index contributed by atoms with van der Waals surface area (Å²) in [5.41, 5.74) is 3.56. The molecule has 2 N–H and O–H groups in total. The fourth-order valence-electron chi connectivity index (χ4n) is 4.24. The summed E-state index contributed by atoms with van der Waals surface area (Å²) >= 11 is 0. The van der Waals surface area contributed by atoms with Crippen LogP contribution in [0.3, 0.4) is 0 Å². The van der Waals surface area contributed by atoms with Crippen LogP contribution in [0.2, 0.25) is 0 Å². The molecule has 2 amide bonds. The highest BCUT2D eigenvalue weighted by Gasteiger charge is 2.48. The third kappa shape index (κ3) is 3.43. The smallest absolute Gasteiger partial charge is 0.268 e. The lowest BCUT2D eigenvalue weighted by molar-refractivity contribution is -0.151. The number of nitrogens with zero attached hydrogens (tertiary/aromatic N) is 3. The molecule has 4 rings (SSSR count). The fraction of sp³-hybridized carbons (Fsp3) is 0.526. The predicted molar refractivity (Wildman–Crippen MR) is 101 cm³/mol. The van der Waals surface area contributed by atoms with Gasteiger partial charge >= 0.3 is 0 Å². The van der Waals surface area contributed by atoms with Crippen molar-refractivity contribution in [3.63, 3.8) is 0 Å². The predicted octanol–water partition coefficient (Wildman–Crippen LogP) is 1.35. The van der Waals surface area contributed by atoms with Gasteiger partial charge in [-0.15, -0.1) is 0 Å². The number of carbonyl (C=O) groups excluding carboxylic acids is 2. The molecule has 3 unspecified atom stereocenters. The van der Waals surface area contributed by atoms with Crippen molar-refractivity contribution >= 4 is 23.8 Å². The van der Waals surface area contributed by atoms with Gasteiger partial charge in [-0.05, 0) is 44.0 Å². The molecular formula is C19H25N5O3. The van der Waals surface area contributed by atoms with Gasteiger partial charge in [-0.1, -0.05) is 12.8 Å². The number of hydrogen-bond acceptors (Lipinski definition) is 6. The molecule has 3 atom stereocenters. The quantitative estimate of drug-likeness (QED) is 0.816. The van der Waals surface area contributed by atoms with E-state index >= 15 is 0 Å². The summed E-state index contributed by atoms with van der Waals surface area (Å²) in [4.78, 5) is 29.3. The van der Waals surface area contributed by atoms with Gasteiger partial charge in [-0.25, -0.2) is 0 Å². The zero-order chi connectivity index (χ0) is 18.8. The number of carbonyl (C=O) groups is 2. The minimum atomic E-state index is -0.484. The minimum Gasteiger partial charge on any atom is -0.494 e. The van der Waals surface area contributed by atoms with E-state index < -0.39 is 6.17 Å². The molecule has 1 saturated carbocycles. The molecule has 2 fully saturated rings. The molecule has 1 saturated heterocycles. The molecule has 1 aromatic rings. The Balaban J connectivity index is 1.44. The number of benzene rings is 1. The molecule has 3 aliphatic rings. The van der Waals surface area contributed by atoms with Crippen molar-refractivity contribution in [1.29, 1.82) is 0 Å². The molecule has 0 aromatic heterocycles. The maximum Gasteiger partial charge on any atom is 0.268 e. The highest BCUT2D eigenvalue weighted by Crippen LogP contribution is 2.33. The fourth-order valence-corrected chi connectivity index (χ4v) is 4.24. The van der Waals surface area contributed by atoms with Crippen LogP contribution in [0.4, 0.5) is 5.69 Å². The largest absolute Gasteiger partial charge is 0.494 e. The molecule has 1 aliphatic carbocycles. The van der Waals surface area contributed by atoms with Crippen LogP contribution in [0.15, 0.2) is 29.4 Å². The van der Waals surface area contributed by atoms with Crippen LogP contribution in [0.1, 0.15) is 32.6 Å². The maximum atomic E-state index is 12.9. The summed E-state index contributed by atoms with van der Waals surface area (Å²) in [5.74, 6) is 0.487. The molecule has 2 aliphatic heterocycles. The van der Waals surface area contributed by atoms with E-state index in [-0.39, 0.29) is 30.4 Å². The summed E-state index contributed by atoms with van der Waals surface area (Å²) < 4.78 is 5.41. The number of fused-ring (bicyclic) bond motifs is 3. The first-order valence-electron chi connectivity index (χ1n) is 9.56. The Morgan fingerprint density at radius 3 is 2.74 bits per heavy atom. The molecule has 27 heavy (non-hydrogen) atoms. The van der Waals surface area contributed by atoms with E-state index in [0.717, 1.165) is 31.4 Å². The van der Waals surface area contributed by atoms with Gasteiger partial charge in [0, 0.05) is 5.69 Å². The average Bonchev–Trinajstić information content (AvgIpc) is 3.17. The lowest BCUT2D eigenvalue weighted by Gasteiger charge is -2.50. The SMILES string of the molecule is CCOc1ccc(NC(=O)CN2C(=O)C3NN=CN3C3CCCCC32)cc1. The second-order valence-corrected chi connectivity index (χ2v) is 7.11. The normalized spacial score (nSPS) is 26.3. The van der Waals surface area contributed by atoms with Gasteiger partial charge in [-0.3, -0.25) is 15.0 Å². The molecule has 0 bridgehead atoms. The van der Waals surface area contributed by atoms with Crippen molar-refractivity contribution in [3.05, 3.63) is 24.3 Å². The van der Waals surface area contributed by atoms with Crippen LogP contribution in [0.25, 0.3) is 0 Å². The van der Waals surface area contributed by atoms with E-state index in [1.807, 2.05) is 24.0 Å². The maximum absolute atomic E-state index is 12.9. The molecule has 8 nitrogen and oxygen atoms in total. The van der Waals surface area contributed by atoms with Crippen LogP contribution < -0.4 is 15.5 Å². The number of hydrazone groups is 1. The number of anilines is 1. The number of rotatable bonds is 5. The topological polar surface area (TPSA) is 86.3 Å². The zero-order valence-corrected chi connectivity index (χ0v) is 15.4. The summed E-state index contributed by atoms with van der Waals surface area (Å²) in [6, 6.07) is 7.52. The first-order valence-corrected chi connectivity index (χ1v) is 9.56. The van der Waals surface area contributed by atoms with Gasteiger partial charge in [-0.2, -0.15) is 5.10 Å². The van der Waals surface area contributed by atoms with Gasteiger partial charge in [0.15, 0.2) is 6.17 Å². The first-order chi connectivity index (χ1) is 13.2. The van der Waals surface area contributed by atoms with Crippen LogP contribution >= 0.6 is 0 Å². The highest BCUT2D eigenvalue weighted by molar-refractivity contribution is 5.96. The summed E-state index contributed by atoms with van der Waals surface area (Å²) in [5, 5.41) is 6.95. The van der Waals surface area contributed by atoms with Gasteiger partial charge in [0.2, 0.25) is 5.91 Å². The van der Waals surface area contributed by atoms with E-state index in [0.29, 0.717) is 12.3 Å². The number of hydrogen-bond donors (Lipinski definition) is 2. The number of ether oxygens (including phenoxy) is 1. The molecular weight excluding hydrogens is 346 g/mol. The van der Waals surface area contributed by atoms with Crippen LogP contribution in [0.5, 0.6) is 5.75 Å². The van der Waals surface area contributed by atoms with Crippen molar-refractivity contribution < 1.29 is 14.3 Å². The second-order valence-electron chi connectivity index (χ2n) is 7.11. The number of nitrogens with one attached hydrogen (secondary N) is 2. The lowest BCUT2D eigenvalue weighted by atomic mass is 9.85. The van der Waals surface area contributed by atoms with Crippen LogP contribution in [-0.2, 0) is 9.59 Å². The van der Waals surface area contributed by atoms with Crippen molar-refractivity contribution in [2.45, 2.75) is 50.9 Å². The minimum absolute atomic E-state index is 0.0548. The van der Waals surface area contributed by atoms with E-state index in [4.69, 9.17) is 4.74 Å². The molecule has 8 heteroatoms. The standard InChI is InChI=1S/C19H25N5O3/c1-2-27-14-9-7-13(8-10-14)21-17(25)11-23-15-5-3-4-6-16(15)24-12-20-22-18(24)19(23)26/h7-10,12,15-16,18,22H,2-6,11H2,1H3,(H,21,25). The van der Waals surface area contributed by atoms with Crippen molar-refractivity contribution in [1.82, 2.24) is 15.2 Å². The highest BCUT2D eigenvalue weighted by atomic mass is 16.5. The molecule has 0 spiro atoms. The Morgan fingerprint density at radius 1 is 1.26 bits per heavy atom. The Hall–Kier alpha value is -2.77. The first kappa shape index (κ1) is 17.6. The number of amides is 2. The Labute approximate surface area is 158 Å². The van der Waals surface area contributed by atoms with Gasteiger partial charge in [0.05, 0.1) is 18.7 Å². The van der Waals surface area contributed by atoms with Crippen LogP contribution in [0, 0.1) is 0 Å². The molecule has 0 radical (unpaired) electrons. The average molecular weight is 371 g/mol. The van der Waals surface area contributed by atoms with Crippen molar-refractivity contribution in [2.75, 3.05) is 18.5 Å². The van der Waals surface area contributed by atoms with E-state index in [9.17, 15) is 9.59 Å². The molecule has 144 valence electrons. The summed E-state index contributed by atoms with van der Waals surface area (Å²) in [6.45, 7) is 2.58. The van der Waals surface area contributed by atoms with E-state index in [1.54, 1.807) is 23.4 Å². The number of piperazine rings is 1. The third-order valence-electron chi connectivity index (χ3n) is 5.44. The van der Waals surface area contributed by atoms with Gasteiger partial charge in [0.25, 0.3) is 5.91 Å². The van der Waals surface area contributed by atoms with Gasteiger partial charge < -0.3 is 19.9 Å². The van der Waals surface area contributed by atoms with E-state index in [2.05, 4.69) is 15.8 Å². The second kappa shape index (κ2) is 7.46.